The molecule has 3 rings (SSSR count). The normalized spacial score (nSPS) is 18.1. The van der Waals surface area contributed by atoms with Gasteiger partial charge in [0.15, 0.2) is 16.7 Å². The van der Waals surface area contributed by atoms with Crippen LogP contribution in [-0.4, -0.2) is 54.0 Å². The highest BCUT2D eigenvalue weighted by molar-refractivity contribution is 8.19. The maximum absolute atomic E-state index is 12.5. The van der Waals surface area contributed by atoms with Crippen LogP contribution in [0.2, 0.25) is 0 Å². The Kier molecular flexibility index (Phi) is 6.05. The van der Waals surface area contributed by atoms with E-state index in [4.69, 9.17) is 14.3 Å². The van der Waals surface area contributed by atoms with Crippen LogP contribution in [0.1, 0.15) is 19.4 Å². The second kappa shape index (κ2) is 8.20. The van der Waals surface area contributed by atoms with Crippen LogP contribution in [0.4, 0.5) is 0 Å². The van der Waals surface area contributed by atoms with Gasteiger partial charge >= 0.3 is 10.1 Å². The molecule has 0 saturated carbocycles. The molecule has 0 unspecified atom stereocenters. The predicted molar refractivity (Wildman–Crippen MR) is 116 cm³/mol. The van der Waals surface area contributed by atoms with Crippen LogP contribution in [0.15, 0.2) is 33.2 Å². The van der Waals surface area contributed by atoms with Crippen LogP contribution in [0.3, 0.4) is 0 Å². The number of hydrogen-bond acceptors (Lipinski definition) is 9. The van der Waals surface area contributed by atoms with Crippen molar-refractivity contribution < 1.29 is 22.1 Å². The van der Waals surface area contributed by atoms with E-state index in [1.165, 1.54) is 37.1 Å². The first-order valence-electron chi connectivity index (χ1n) is 8.32. The molecule has 2 aliphatic heterocycles. The van der Waals surface area contributed by atoms with Crippen LogP contribution in [0, 0.1) is 5.41 Å². The summed E-state index contributed by atoms with van der Waals surface area (Å²) in [6, 6.07) is 4.50. The second-order valence-corrected chi connectivity index (χ2v) is 10.1. The van der Waals surface area contributed by atoms with Gasteiger partial charge in [0.25, 0.3) is 5.91 Å². The molecule has 1 aromatic carbocycles. The first-order chi connectivity index (χ1) is 13.6. The van der Waals surface area contributed by atoms with Crippen molar-refractivity contribution in [2.75, 3.05) is 13.4 Å². The standard InChI is InChI=1S/C17H18N4O5S3/c1-9(2)27-17-20-28-16-19-15(22)11(14(18)21(16)17)7-10-5-6-12(13(8-10)25-3)26-29(4,23)24/h5-9,18H,1-4H3/b11-7-,18-14?. The fourth-order valence-corrected chi connectivity index (χ4v) is 4.60. The SMILES string of the molecule is COc1cc(/C=C2/C(=N)N3C(=NC2=O)SN=C3SC(C)C)ccc1OS(C)(=O)=O. The number of rotatable bonds is 5. The van der Waals surface area contributed by atoms with E-state index in [1.54, 1.807) is 11.0 Å². The molecule has 2 heterocycles. The minimum Gasteiger partial charge on any atom is -0.493 e. The highest BCUT2D eigenvalue weighted by Gasteiger charge is 2.37. The zero-order valence-electron chi connectivity index (χ0n) is 16.0. The summed E-state index contributed by atoms with van der Waals surface area (Å²) in [6.07, 6.45) is 2.43. The van der Waals surface area contributed by atoms with Gasteiger partial charge in [-0.05, 0) is 23.8 Å². The number of nitrogens with one attached hydrogen (secondary N) is 1. The van der Waals surface area contributed by atoms with Gasteiger partial charge in [-0.25, -0.2) is 4.90 Å². The van der Waals surface area contributed by atoms with E-state index < -0.39 is 16.0 Å². The minimum atomic E-state index is -3.72. The molecule has 0 aromatic heterocycles. The van der Waals surface area contributed by atoms with Crippen molar-refractivity contribution in [3.05, 3.63) is 29.3 Å². The Morgan fingerprint density at radius 2 is 2.03 bits per heavy atom. The van der Waals surface area contributed by atoms with E-state index in [9.17, 15) is 13.2 Å². The number of ether oxygens (including phenoxy) is 1. The maximum Gasteiger partial charge on any atom is 0.306 e. The number of aliphatic imine (C=N–C) groups is 1. The summed E-state index contributed by atoms with van der Waals surface area (Å²) in [5.41, 5.74) is 0.614. The van der Waals surface area contributed by atoms with Crippen molar-refractivity contribution >= 4 is 62.0 Å². The van der Waals surface area contributed by atoms with E-state index in [0.29, 0.717) is 15.9 Å². The molecule has 0 radical (unpaired) electrons. The molecule has 154 valence electrons. The predicted octanol–water partition coefficient (Wildman–Crippen LogP) is 2.75. The lowest BCUT2D eigenvalue weighted by Crippen LogP contribution is -2.41. The third-order valence-electron chi connectivity index (χ3n) is 3.58. The zero-order chi connectivity index (χ0) is 21.3. The van der Waals surface area contributed by atoms with Gasteiger partial charge in [-0.3, -0.25) is 10.2 Å². The molecule has 0 spiro atoms. The number of fused-ring (bicyclic) bond motifs is 1. The van der Waals surface area contributed by atoms with Crippen molar-refractivity contribution in [2.24, 2.45) is 9.39 Å². The lowest BCUT2D eigenvalue weighted by molar-refractivity contribution is -0.114. The summed E-state index contributed by atoms with van der Waals surface area (Å²) >= 11 is 2.54. The maximum atomic E-state index is 12.5. The monoisotopic (exact) mass is 454 g/mol. The highest BCUT2D eigenvalue weighted by atomic mass is 32.2. The number of thioether (sulfide) groups is 1. The third-order valence-corrected chi connectivity index (χ3v) is 5.83. The third kappa shape index (κ3) is 4.82. The molecule has 29 heavy (non-hydrogen) atoms. The largest absolute Gasteiger partial charge is 0.493 e. The fraction of sp³-hybridized carbons (Fsp3) is 0.294. The summed E-state index contributed by atoms with van der Waals surface area (Å²) in [7, 11) is -2.35. The molecule has 2 aliphatic rings. The van der Waals surface area contributed by atoms with E-state index in [0.717, 1.165) is 18.2 Å². The average Bonchev–Trinajstić information content (AvgIpc) is 3.00. The summed E-state index contributed by atoms with van der Waals surface area (Å²) < 4.78 is 37.1. The van der Waals surface area contributed by atoms with Crippen molar-refractivity contribution in [1.29, 1.82) is 5.41 Å². The highest BCUT2D eigenvalue weighted by Crippen LogP contribution is 2.34. The van der Waals surface area contributed by atoms with Crippen LogP contribution < -0.4 is 8.92 Å². The van der Waals surface area contributed by atoms with Gasteiger partial charge in [0.1, 0.15) is 5.84 Å². The van der Waals surface area contributed by atoms with Gasteiger partial charge in [0.2, 0.25) is 5.17 Å². The van der Waals surface area contributed by atoms with Gasteiger partial charge in [0, 0.05) is 5.25 Å². The van der Waals surface area contributed by atoms with E-state index >= 15 is 0 Å². The van der Waals surface area contributed by atoms with Gasteiger partial charge in [0.05, 0.1) is 30.9 Å². The van der Waals surface area contributed by atoms with Crippen molar-refractivity contribution in [1.82, 2.24) is 4.90 Å². The van der Waals surface area contributed by atoms with Crippen molar-refractivity contribution in [2.45, 2.75) is 19.1 Å². The van der Waals surface area contributed by atoms with E-state index in [-0.39, 0.29) is 28.2 Å². The number of carbonyl (C=O) groups is 1. The quantitative estimate of drug-likeness (QED) is 0.409. The minimum absolute atomic E-state index is 0.0210. The fourth-order valence-electron chi connectivity index (χ4n) is 2.46. The van der Waals surface area contributed by atoms with Crippen molar-refractivity contribution in [3.8, 4) is 11.5 Å². The molecule has 9 nitrogen and oxygen atoms in total. The summed E-state index contributed by atoms with van der Waals surface area (Å²) in [5, 5.41) is 9.70. The Balaban J connectivity index is 1.95. The Morgan fingerprint density at radius 1 is 1.31 bits per heavy atom. The number of methoxy groups -OCH3 is 1. The summed E-state index contributed by atoms with van der Waals surface area (Å²) in [6.45, 7) is 4.02. The van der Waals surface area contributed by atoms with Crippen LogP contribution >= 0.6 is 23.7 Å². The molecular formula is C17H18N4O5S3. The second-order valence-electron chi connectivity index (χ2n) is 6.27. The number of amidine groups is 3. The molecular weight excluding hydrogens is 436 g/mol. The molecule has 0 bridgehead atoms. The van der Waals surface area contributed by atoms with Gasteiger partial charge in [-0.2, -0.15) is 17.8 Å². The smallest absolute Gasteiger partial charge is 0.306 e. The topological polar surface area (TPSA) is 121 Å². The average molecular weight is 455 g/mol. The molecule has 1 amide bonds. The first-order valence-corrected chi connectivity index (χ1v) is 11.8. The van der Waals surface area contributed by atoms with Crippen LogP contribution in [0.5, 0.6) is 11.5 Å². The first kappa shape index (κ1) is 21.4. The Morgan fingerprint density at radius 3 is 2.66 bits per heavy atom. The molecule has 1 N–H and O–H groups in total. The van der Waals surface area contributed by atoms with E-state index in [1.807, 2.05) is 13.8 Å². The van der Waals surface area contributed by atoms with E-state index in [2.05, 4.69) is 9.39 Å². The van der Waals surface area contributed by atoms with Crippen molar-refractivity contribution in [3.63, 3.8) is 0 Å². The van der Waals surface area contributed by atoms with Gasteiger partial charge in [-0.1, -0.05) is 31.7 Å². The van der Waals surface area contributed by atoms with Crippen LogP contribution in [0.25, 0.3) is 6.08 Å². The number of nitrogens with zero attached hydrogens (tertiary/aromatic N) is 3. The van der Waals surface area contributed by atoms with Crippen LogP contribution in [-0.2, 0) is 14.9 Å². The Labute approximate surface area is 177 Å². The lowest BCUT2D eigenvalue weighted by Gasteiger charge is -2.25. The summed E-state index contributed by atoms with van der Waals surface area (Å²) in [4.78, 5) is 18.0. The number of benzene rings is 1. The van der Waals surface area contributed by atoms with Gasteiger partial charge < -0.3 is 8.92 Å². The molecule has 0 saturated heterocycles. The summed E-state index contributed by atoms with van der Waals surface area (Å²) in [5.74, 6) is -0.359. The molecule has 12 heteroatoms. The Hall–Kier alpha value is -2.31. The number of amides is 1. The molecule has 1 aromatic rings. The zero-order valence-corrected chi connectivity index (χ0v) is 18.4. The lowest BCUT2D eigenvalue weighted by atomic mass is 10.1. The number of carbonyl (C=O) groups excluding carboxylic acids is 1. The van der Waals surface area contributed by atoms with Gasteiger partial charge in [-0.15, -0.1) is 0 Å². The number of hydrogen-bond donors (Lipinski definition) is 1. The molecule has 0 fully saturated rings. The molecule has 0 aliphatic carbocycles. The molecule has 0 atom stereocenters. The Bertz CT molecular complexity index is 1080.